The van der Waals surface area contributed by atoms with Crippen molar-refractivity contribution < 1.29 is 23.8 Å². The van der Waals surface area contributed by atoms with Crippen LogP contribution in [0, 0.1) is 5.82 Å². The maximum Gasteiger partial charge on any atom is 0.196 e. The molecule has 0 aliphatic carbocycles. The number of anilines is 1. The number of nitrogens with one attached hydrogen (secondary N) is 2. The SMILES string of the molecule is O=C(c1ccc(Oc2ccccc2)cc1Cl)c1c[nH]c2ncc(F)c(N[C@@H]3CC[C@@H](CO)OC3)c12. The minimum Gasteiger partial charge on any atom is -0.457 e. The van der Waals surface area contributed by atoms with E-state index in [1.807, 2.05) is 30.3 Å². The number of fused-ring (bicyclic) bond motifs is 1. The van der Waals surface area contributed by atoms with Crippen molar-refractivity contribution in [3.63, 3.8) is 0 Å². The average molecular weight is 496 g/mol. The first kappa shape index (κ1) is 23.3. The number of ketones is 1. The second-order valence-electron chi connectivity index (χ2n) is 8.35. The van der Waals surface area contributed by atoms with Gasteiger partial charge in [0.2, 0.25) is 0 Å². The van der Waals surface area contributed by atoms with E-state index >= 15 is 0 Å². The topological polar surface area (TPSA) is 96.5 Å². The first-order valence-corrected chi connectivity index (χ1v) is 11.6. The number of para-hydroxylation sites is 1. The van der Waals surface area contributed by atoms with Crippen LogP contribution in [0.1, 0.15) is 28.8 Å². The molecule has 0 amide bonds. The summed E-state index contributed by atoms with van der Waals surface area (Å²) in [7, 11) is 0. The number of hydrogen-bond acceptors (Lipinski definition) is 6. The van der Waals surface area contributed by atoms with E-state index in [4.69, 9.17) is 21.1 Å². The first-order valence-electron chi connectivity index (χ1n) is 11.2. The zero-order chi connectivity index (χ0) is 24.4. The summed E-state index contributed by atoms with van der Waals surface area (Å²) in [6.07, 6.45) is 3.75. The van der Waals surface area contributed by atoms with Crippen molar-refractivity contribution in [2.75, 3.05) is 18.5 Å². The van der Waals surface area contributed by atoms with Crippen molar-refractivity contribution in [3.8, 4) is 11.5 Å². The summed E-state index contributed by atoms with van der Waals surface area (Å²) in [5, 5.41) is 13.0. The van der Waals surface area contributed by atoms with Gasteiger partial charge in [-0.05, 0) is 37.1 Å². The number of H-pyrrole nitrogens is 1. The number of halogens is 2. The molecule has 35 heavy (non-hydrogen) atoms. The first-order chi connectivity index (χ1) is 17.0. The number of nitrogens with zero attached hydrogens (tertiary/aromatic N) is 1. The molecule has 2 atom stereocenters. The Bertz CT molecular complexity index is 1350. The zero-order valence-corrected chi connectivity index (χ0v) is 19.4. The largest absolute Gasteiger partial charge is 0.457 e. The Labute approximate surface area is 205 Å². The third kappa shape index (κ3) is 4.86. The molecule has 1 aliphatic heterocycles. The molecule has 1 saturated heterocycles. The van der Waals surface area contributed by atoms with Gasteiger partial charge in [-0.1, -0.05) is 29.8 Å². The molecule has 0 bridgehead atoms. The smallest absolute Gasteiger partial charge is 0.196 e. The molecule has 180 valence electrons. The number of pyridine rings is 1. The Balaban J connectivity index is 1.44. The minimum absolute atomic E-state index is 0.0486. The Hall–Kier alpha value is -3.46. The number of hydrogen-bond donors (Lipinski definition) is 3. The van der Waals surface area contributed by atoms with Gasteiger partial charge in [0.05, 0.1) is 47.2 Å². The Morgan fingerprint density at radius 2 is 2.03 bits per heavy atom. The molecule has 9 heteroatoms. The van der Waals surface area contributed by atoms with Crippen LogP contribution in [0.2, 0.25) is 5.02 Å². The number of aliphatic hydroxyl groups is 1. The molecule has 0 spiro atoms. The Morgan fingerprint density at radius 3 is 2.74 bits per heavy atom. The summed E-state index contributed by atoms with van der Waals surface area (Å²) in [6, 6.07) is 13.9. The van der Waals surface area contributed by atoms with Crippen LogP contribution >= 0.6 is 11.6 Å². The predicted molar refractivity (Wildman–Crippen MR) is 131 cm³/mol. The summed E-state index contributed by atoms with van der Waals surface area (Å²) in [5.74, 6) is 0.190. The van der Waals surface area contributed by atoms with Gasteiger partial charge >= 0.3 is 0 Å². The van der Waals surface area contributed by atoms with Crippen LogP contribution in [0.4, 0.5) is 10.1 Å². The lowest BCUT2D eigenvalue weighted by Crippen LogP contribution is -2.36. The lowest BCUT2D eigenvalue weighted by atomic mass is 10.0. The van der Waals surface area contributed by atoms with Crippen molar-refractivity contribution in [2.45, 2.75) is 25.0 Å². The molecule has 5 rings (SSSR count). The summed E-state index contributed by atoms with van der Waals surface area (Å²) < 4.78 is 26.3. The van der Waals surface area contributed by atoms with Crippen molar-refractivity contribution >= 4 is 34.1 Å². The second-order valence-corrected chi connectivity index (χ2v) is 8.76. The fourth-order valence-electron chi connectivity index (χ4n) is 4.17. The molecule has 3 N–H and O–H groups in total. The predicted octanol–water partition coefficient (Wildman–Crippen LogP) is 5.33. The third-order valence-electron chi connectivity index (χ3n) is 5.99. The van der Waals surface area contributed by atoms with Gasteiger partial charge < -0.3 is 24.9 Å². The number of rotatable bonds is 7. The van der Waals surface area contributed by atoms with Crippen LogP contribution in [0.25, 0.3) is 11.0 Å². The van der Waals surface area contributed by atoms with Gasteiger partial charge in [0.15, 0.2) is 11.6 Å². The van der Waals surface area contributed by atoms with Crippen molar-refractivity contribution in [1.82, 2.24) is 9.97 Å². The summed E-state index contributed by atoms with van der Waals surface area (Å²) in [4.78, 5) is 20.5. The van der Waals surface area contributed by atoms with Crippen LogP contribution in [-0.2, 0) is 4.74 Å². The highest BCUT2D eigenvalue weighted by molar-refractivity contribution is 6.35. The molecule has 0 radical (unpaired) electrons. The van der Waals surface area contributed by atoms with Gasteiger partial charge in [-0.15, -0.1) is 0 Å². The number of carbonyl (C=O) groups excluding carboxylic acids is 1. The molecule has 2 aromatic carbocycles. The highest BCUT2D eigenvalue weighted by Crippen LogP contribution is 2.34. The van der Waals surface area contributed by atoms with Crippen LogP contribution in [0.5, 0.6) is 11.5 Å². The van der Waals surface area contributed by atoms with Gasteiger partial charge in [0, 0.05) is 23.9 Å². The fraction of sp³-hybridized carbons (Fsp3) is 0.231. The van der Waals surface area contributed by atoms with E-state index in [1.54, 1.807) is 18.2 Å². The molecule has 0 unspecified atom stereocenters. The summed E-state index contributed by atoms with van der Waals surface area (Å²) >= 11 is 6.46. The van der Waals surface area contributed by atoms with E-state index in [9.17, 15) is 14.3 Å². The fourth-order valence-corrected chi connectivity index (χ4v) is 4.43. The molecule has 4 aromatic rings. The molecular weight excluding hydrogens is 473 g/mol. The standard InChI is InChI=1S/C26H23ClFN3O4/c27-21-10-17(35-16-4-2-1-3-5-16)8-9-19(21)25(33)20-11-29-26-23(20)24(22(28)12-30-26)31-15-6-7-18(13-32)34-14-15/h1-5,8-12,15,18,32H,6-7,13-14H2,(H2,29,30,31)/t15-,18+/m1/s1. The van der Waals surface area contributed by atoms with Crippen molar-refractivity contribution in [2.24, 2.45) is 0 Å². The molecule has 3 heterocycles. The third-order valence-corrected chi connectivity index (χ3v) is 6.30. The molecule has 0 saturated carbocycles. The van der Waals surface area contributed by atoms with Crippen molar-refractivity contribution in [1.29, 1.82) is 0 Å². The van der Waals surface area contributed by atoms with Crippen molar-refractivity contribution in [3.05, 3.63) is 82.9 Å². The molecule has 7 nitrogen and oxygen atoms in total. The Morgan fingerprint density at radius 1 is 1.20 bits per heavy atom. The second kappa shape index (κ2) is 10.0. The van der Waals surface area contributed by atoms with Gasteiger partial charge in [-0.3, -0.25) is 4.79 Å². The van der Waals surface area contributed by atoms with E-state index in [-0.39, 0.29) is 46.4 Å². The van der Waals surface area contributed by atoms with Gasteiger partial charge in [-0.2, -0.15) is 0 Å². The van der Waals surface area contributed by atoms with Crippen LogP contribution in [0.3, 0.4) is 0 Å². The highest BCUT2D eigenvalue weighted by Gasteiger charge is 2.26. The molecular formula is C26H23ClFN3O4. The average Bonchev–Trinajstić information content (AvgIpc) is 3.31. The van der Waals surface area contributed by atoms with E-state index in [2.05, 4.69) is 15.3 Å². The van der Waals surface area contributed by atoms with Crippen LogP contribution in [-0.4, -0.2) is 46.2 Å². The number of benzene rings is 2. The molecule has 2 aromatic heterocycles. The minimum atomic E-state index is -0.576. The van der Waals surface area contributed by atoms with Crippen LogP contribution in [0.15, 0.2) is 60.9 Å². The number of ether oxygens (including phenoxy) is 2. The maximum atomic E-state index is 14.9. The zero-order valence-electron chi connectivity index (χ0n) is 18.6. The lowest BCUT2D eigenvalue weighted by molar-refractivity contribution is -0.0223. The monoisotopic (exact) mass is 495 g/mol. The maximum absolute atomic E-state index is 14.9. The summed E-state index contributed by atoms with van der Waals surface area (Å²) in [6.45, 7) is 0.268. The van der Waals surface area contributed by atoms with Crippen LogP contribution < -0.4 is 10.1 Å². The van der Waals surface area contributed by atoms with Gasteiger partial charge in [0.1, 0.15) is 17.1 Å². The quantitative estimate of drug-likeness (QED) is 0.300. The summed E-state index contributed by atoms with van der Waals surface area (Å²) in [5.41, 5.74) is 1.06. The van der Waals surface area contributed by atoms with E-state index in [0.29, 0.717) is 42.0 Å². The van der Waals surface area contributed by atoms with E-state index in [0.717, 1.165) is 6.20 Å². The van der Waals surface area contributed by atoms with E-state index < -0.39 is 5.82 Å². The number of aromatic amines is 1. The van der Waals surface area contributed by atoms with Gasteiger partial charge in [-0.25, -0.2) is 9.37 Å². The normalized spacial score (nSPS) is 17.9. The number of aliphatic hydroxyl groups excluding tert-OH is 1. The Kier molecular flexibility index (Phi) is 6.68. The number of aromatic nitrogens is 2. The van der Waals surface area contributed by atoms with Gasteiger partial charge in [0.25, 0.3) is 0 Å². The lowest BCUT2D eigenvalue weighted by Gasteiger charge is -2.29. The van der Waals surface area contributed by atoms with E-state index in [1.165, 1.54) is 6.20 Å². The number of carbonyl (C=O) groups is 1. The molecule has 1 fully saturated rings. The molecule has 1 aliphatic rings. The highest BCUT2D eigenvalue weighted by atomic mass is 35.5.